The molecule has 2 rings (SSSR count). The van der Waals surface area contributed by atoms with E-state index in [2.05, 4.69) is 0 Å². The van der Waals surface area contributed by atoms with Gasteiger partial charge in [0.2, 0.25) is 11.7 Å². The van der Waals surface area contributed by atoms with Crippen LogP contribution in [0.4, 0.5) is 0 Å². The van der Waals surface area contributed by atoms with E-state index in [4.69, 9.17) is 23.7 Å². The lowest BCUT2D eigenvalue weighted by atomic mass is 10.1. The van der Waals surface area contributed by atoms with Crippen molar-refractivity contribution in [2.24, 2.45) is 0 Å². The van der Waals surface area contributed by atoms with Gasteiger partial charge in [-0.15, -0.1) is 0 Å². The van der Waals surface area contributed by atoms with Crippen LogP contribution in [0.5, 0.6) is 17.2 Å². The van der Waals surface area contributed by atoms with Gasteiger partial charge in [0.15, 0.2) is 11.5 Å². The molecule has 0 saturated heterocycles. The maximum atomic E-state index is 12.4. The second kappa shape index (κ2) is 9.90. The predicted molar refractivity (Wildman–Crippen MR) is 93.4 cm³/mol. The summed E-state index contributed by atoms with van der Waals surface area (Å²) in [6.45, 7) is 2.94. The van der Waals surface area contributed by atoms with Gasteiger partial charge in [-0.2, -0.15) is 0 Å². The monoisotopic (exact) mass is 351 g/mol. The van der Waals surface area contributed by atoms with Gasteiger partial charge in [-0.25, -0.2) is 0 Å². The summed E-state index contributed by atoms with van der Waals surface area (Å²) < 4.78 is 26.6. The van der Waals surface area contributed by atoms with Crippen molar-refractivity contribution in [2.75, 3.05) is 60.8 Å². The Labute approximate surface area is 148 Å². The number of carbonyl (C=O) groups is 1. The second-order valence-corrected chi connectivity index (χ2v) is 5.39. The third-order valence-electron chi connectivity index (χ3n) is 3.71. The van der Waals surface area contributed by atoms with Crippen LogP contribution >= 0.6 is 0 Å². The lowest BCUT2D eigenvalue weighted by molar-refractivity contribution is -0.127. The quantitative estimate of drug-likeness (QED) is 0.630. The third kappa shape index (κ3) is 5.37. The van der Waals surface area contributed by atoms with Crippen LogP contribution in [-0.2, 0) is 14.3 Å². The molecule has 1 aromatic rings. The fourth-order valence-corrected chi connectivity index (χ4v) is 2.40. The molecule has 1 heterocycles. The Morgan fingerprint density at radius 3 is 2.44 bits per heavy atom. The first kappa shape index (κ1) is 19.1. The number of ether oxygens (including phenoxy) is 5. The largest absolute Gasteiger partial charge is 0.493 e. The van der Waals surface area contributed by atoms with Crippen molar-refractivity contribution in [1.29, 1.82) is 0 Å². The molecule has 0 unspecified atom stereocenters. The zero-order valence-corrected chi connectivity index (χ0v) is 14.9. The highest BCUT2D eigenvalue weighted by atomic mass is 16.6. The first-order chi connectivity index (χ1) is 12.2. The van der Waals surface area contributed by atoms with E-state index in [9.17, 15) is 4.79 Å². The molecule has 0 radical (unpaired) electrons. The molecule has 7 nitrogen and oxygen atoms in total. The Morgan fingerprint density at radius 2 is 1.80 bits per heavy atom. The molecule has 1 amide bonds. The summed E-state index contributed by atoms with van der Waals surface area (Å²) in [5.41, 5.74) is 0.799. The van der Waals surface area contributed by atoms with E-state index in [1.54, 1.807) is 32.3 Å². The molecule has 0 N–H and O–H groups in total. The minimum atomic E-state index is -0.108. The molecule has 0 aliphatic carbocycles. The lowest BCUT2D eigenvalue weighted by Gasteiger charge is -2.21. The van der Waals surface area contributed by atoms with E-state index in [1.807, 2.05) is 12.1 Å². The highest BCUT2D eigenvalue weighted by Gasteiger charge is 2.18. The van der Waals surface area contributed by atoms with E-state index in [0.717, 1.165) is 5.56 Å². The first-order valence-electron chi connectivity index (χ1n) is 8.12. The fraction of sp³-hybridized carbons (Fsp3) is 0.500. The maximum absolute atomic E-state index is 12.4. The minimum absolute atomic E-state index is 0.108. The first-order valence-corrected chi connectivity index (χ1v) is 8.12. The maximum Gasteiger partial charge on any atom is 0.246 e. The van der Waals surface area contributed by atoms with Gasteiger partial charge < -0.3 is 28.6 Å². The van der Waals surface area contributed by atoms with Gasteiger partial charge in [-0.05, 0) is 23.8 Å². The fourth-order valence-electron chi connectivity index (χ4n) is 2.40. The molecule has 25 heavy (non-hydrogen) atoms. The number of hydrogen-bond acceptors (Lipinski definition) is 6. The van der Waals surface area contributed by atoms with Crippen molar-refractivity contribution < 1.29 is 28.5 Å². The van der Waals surface area contributed by atoms with E-state index >= 15 is 0 Å². The van der Waals surface area contributed by atoms with E-state index in [0.29, 0.717) is 56.8 Å². The summed E-state index contributed by atoms with van der Waals surface area (Å²) in [4.78, 5) is 14.1. The molecular weight excluding hydrogens is 326 g/mol. The van der Waals surface area contributed by atoms with Crippen LogP contribution in [0.2, 0.25) is 0 Å². The van der Waals surface area contributed by atoms with Crippen LogP contribution in [0.3, 0.4) is 0 Å². The molecule has 0 atom stereocenters. The highest BCUT2D eigenvalue weighted by Crippen LogP contribution is 2.40. The van der Waals surface area contributed by atoms with Crippen LogP contribution < -0.4 is 14.2 Å². The van der Waals surface area contributed by atoms with Crippen LogP contribution in [0.1, 0.15) is 5.56 Å². The lowest BCUT2D eigenvalue weighted by Crippen LogP contribution is -2.35. The van der Waals surface area contributed by atoms with Gasteiger partial charge in [0, 0.05) is 33.4 Å². The minimum Gasteiger partial charge on any atom is -0.493 e. The summed E-state index contributed by atoms with van der Waals surface area (Å²) in [7, 11) is 4.79. The van der Waals surface area contributed by atoms with Gasteiger partial charge >= 0.3 is 0 Å². The SMILES string of the molecule is COCCN(CCOC)C(=O)/C=C/c1cc(OC)c2c(c1)OCCO2. The molecular formula is C18H25NO6. The predicted octanol–water partition coefficient (Wildman–Crippen LogP) is 1.60. The Balaban J connectivity index is 2.11. The Bertz CT molecular complexity index is 576. The summed E-state index contributed by atoms with van der Waals surface area (Å²) in [6.07, 6.45) is 3.26. The molecule has 1 aliphatic heterocycles. The molecule has 7 heteroatoms. The molecule has 138 valence electrons. The molecule has 0 saturated carbocycles. The molecule has 0 aromatic heterocycles. The number of nitrogens with zero attached hydrogens (tertiary/aromatic N) is 1. The number of methoxy groups -OCH3 is 3. The Kier molecular flexibility index (Phi) is 7.56. The van der Waals surface area contributed by atoms with Gasteiger partial charge in [-0.1, -0.05) is 0 Å². The number of benzene rings is 1. The van der Waals surface area contributed by atoms with Crippen molar-refractivity contribution in [2.45, 2.75) is 0 Å². The van der Waals surface area contributed by atoms with Gasteiger partial charge in [0.05, 0.1) is 20.3 Å². The Morgan fingerprint density at radius 1 is 1.12 bits per heavy atom. The number of amides is 1. The average Bonchev–Trinajstić information content (AvgIpc) is 2.65. The van der Waals surface area contributed by atoms with Crippen LogP contribution in [0.15, 0.2) is 18.2 Å². The second-order valence-electron chi connectivity index (χ2n) is 5.39. The standard InChI is InChI=1S/C18H25NO6/c1-21-8-6-19(7-9-22-2)17(20)5-4-14-12-15(23-3)18-16(13-14)24-10-11-25-18/h4-5,12-13H,6-11H2,1-3H3/b5-4+. The number of rotatable bonds is 9. The van der Waals surface area contributed by atoms with Crippen molar-refractivity contribution in [3.63, 3.8) is 0 Å². The van der Waals surface area contributed by atoms with E-state index < -0.39 is 0 Å². The van der Waals surface area contributed by atoms with Crippen molar-refractivity contribution in [3.8, 4) is 17.2 Å². The molecule has 1 aliphatic rings. The van der Waals surface area contributed by atoms with Crippen LogP contribution in [0, 0.1) is 0 Å². The van der Waals surface area contributed by atoms with E-state index in [-0.39, 0.29) is 5.91 Å². The smallest absolute Gasteiger partial charge is 0.246 e. The van der Waals surface area contributed by atoms with Gasteiger partial charge in [0.25, 0.3) is 0 Å². The van der Waals surface area contributed by atoms with Crippen LogP contribution in [0.25, 0.3) is 6.08 Å². The zero-order valence-electron chi connectivity index (χ0n) is 14.9. The van der Waals surface area contributed by atoms with Gasteiger partial charge in [0.1, 0.15) is 13.2 Å². The summed E-state index contributed by atoms with van der Waals surface area (Å²) in [5, 5.41) is 0. The molecule has 0 spiro atoms. The van der Waals surface area contributed by atoms with E-state index in [1.165, 1.54) is 6.08 Å². The number of fused-ring (bicyclic) bond motifs is 1. The Hall–Kier alpha value is -2.25. The number of hydrogen-bond donors (Lipinski definition) is 0. The normalized spacial score (nSPS) is 13.1. The zero-order chi connectivity index (χ0) is 18.1. The molecule has 0 fully saturated rings. The number of carbonyl (C=O) groups excluding carboxylic acids is 1. The summed E-state index contributed by atoms with van der Waals surface area (Å²) >= 11 is 0. The molecule has 1 aromatic carbocycles. The van der Waals surface area contributed by atoms with Crippen LogP contribution in [-0.4, -0.2) is 71.7 Å². The third-order valence-corrected chi connectivity index (χ3v) is 3.71. The van der Waals surface area contributed by atoms with Crippen molar-refractivity contribution >= 4 is 12.0 Å². The average molecular weight is 351 g/mol. The summed E-state index contributed by atoms with van der Waals surface area (Å²) in [5.74, 6) is 1.69. The highest BCUT2D eigenvalue weighted by molar-refractivity contribution is 5.92. The van der Waals surface area contributed by atoms with Crippen molar-refractivity contribution in [1.82, 2.24) is 4.90 Å². The van der Waals surface area contributed by atoms with Gasteiger partial charge in [-0.3, -0.25) is 4.79 Å². The molecule has 0 bridgehead atoms. The van der Waals surface area contributed by atoms with Crippen molar-refractivity contribution in [3.05, 3.63) is 23.8 Å². The topological polar surface area (TPSA) is 66.5 Å². The summed E-state index contributed by atoms with van der Waals surface area (Å²) in [6, 6.07) is 3.64.